The van der Waals surface area contributed by atoms with Crippen LogP contribution in [0.4, 0.5) is 12.9 Å². The van der Waals surface area contributed by atoms with Crippen LogP contribution in [0.2, 0.25) is 0 Å². The molecule has 1 N–H and O–H groups in total. The van der Waals surface area contributed by atoms with Crippen LogP contribution in [-0.2, 0) is 6.54 Å². The topological polar surface area (TPSA) is 42.2 Å². The Morgan fingerprint density at radius 3 is 2.53 bits per heavy atom. The summed E-state index contributed by atoms with van der Waals surface area (Å²) in [7, 11) is 0. The molecule has 1 amide bonds. The van der Waals surface area contributed by atoms with Crippen LogP contribution in [0.3, 0.4) is 0 Å². The zero-order chi connectivity index (χ0) is 13.9. The van der Waals surface area contributed by atoms with Crippen molar-refractivity contribution in [3.05, 3.63) is 54.0 Å². The molecule has 2 aromatic rings. The average Bonchev–Trinajstić information content (AvgIpc) is 2.88. The van der Waals surface area contributed by atoms with Gasteiger partial charge in [0.2, 0.25) is 5.91 Å². The van der Waals surface area contributed by atoms with Crippen molar-refractivity contribution in [2.24, 2.45) is 0 Å². The molecule has 1 heterocycles. The first-order chi connectivity index (χ1) is 8.98. The maximum Gasteiger partial charge on any atom is 0.510 e. The highest BCUT2D eigenvalue weighted by molar-refractivity contribution is 6.74. The van der Waals surface area contributed by atoms with E-state index in [1.54, 1.807) is 12.1 Å². The lowest BCUT2D eigenvalue weighted by Gasteiger charge is -2.18. The van der Waals surface area contributed by atoms with E-state index < -0.39 is 18.3 Å². The van der Waals surface area contributed by atoms with E-state index in [0.29, 0.717) is 5.76 Å². The summed E-state index contributed by atoms with van der Waals surface area (Å²) in [5, 5.41) is 2.39. The number of furan rings is 1. The van der Waals surface area contributed by atoms with E-state index in [4.69, 9.17) is 4.42 Å². The molecule has 0 bridgehead atoms. The van der Waals surface area contributed by atoms with E-state index in [9.17, 15) is 17.7 Å². The van der Waals surface area contributed by atoms with Gasteiger partial charge in [0.15, 0.2) is 0 Å². The normalized spacial score (nSPS) is 11.3. The third kappa shape index (κ3) is 3.18. The lowest BCUT2D eigenvalue weighted by Crippen LogP contribution is -2.40. The molecule has 0 aliphatic heterocycles. The molecule has 0 unspecified atom stereocenters. The summed E-state index contributed by atoms with van der Waals surface area (Å²) >= 11 is 0. The molecule has 0 aliphatic carbocycles. The number of carbonyl (C=O) groups excluding carboxylic acids is 1. The fourth-order valence-electron chi connectivity index (χ4n) is 1.67. The molecule has 2 rings (SSSR count). The summed E-state index contributed by atoms with van der Waals surface area (Å²) in [4.78, 5) is 11.8. The van der Waals surface area contributed by atoms with Gasteiger partial charge in [-0.05, 0) is 12.1 Å². The Balaban J connectivity index is 2.15. The molecule has 1 aromatic carbocycles. The van der Waals surface area contributed by atoms with E-state index in [-0.39, 0.29) is 12.1 Å². The van der Waals surface area contributed by atoms with Crippen LogP contribution in [-0.4, -0.2) is 12.9 Å². The van der Waals surface area contributed by atoms with Gasteiger partial charge < -0.3 is 22.7 Å². The summed E-state index contributed by atoms with van der Waals surface area (Å²) in [6.07, 6.45) is 1.42. The smallest absolute Gasteiger partial charge is 0.467 e. The SMILES string of the molecule is O=C(NCc1ccco1)c1ccccc1[B-](F)(F)F. The van der Waals surface area contributed by atoms with Gasteiger partial charge in [-0.1, -0.05) is 29.7 Å². The van der Waals surface area contributed by atoms with Crippen molar-refractivity contribution in [1.82, 2.24) is 5.32 Å². The van der Waals surface area contributed by atoms with Crippen molar-refractivity contribution in [3.8, 4) is 0 Å². The Kier molecular flexibility index (Phi) is 3.64. The van der Waals surface area contributed by atoms with Crippen LogP contribution in [0, 0.1) is 0 Å². The molecule has 0 aliphatic rings. The Hall–Kier alpha value is -2.18. The predicted octanol–water partition coefficient (Wildman–Crippen LogP) is 2.26. The van der Waals surface area contributed by atoms with Gasteiger partial charge in [-0.3, -0.25) is 4.79 Å². The van der Waals surface area contributed by atoms with Crippen molar-refractivity contribution in [2.75, 3.05) is 0 Å². The van der Waals surface area contributed by atoms with E-state index in [2.05, 4.69) is 5.32 Å². The molecule has 0 saturated heterocycles. The summed E-state index contributed by atoms with van der Waals surface area (Å²) in [6, 6.07) is 7.97. The molecule has 1 aromatic heterocycles. The first-order valence-electron chi connectivity index (χ1n) is 5.58. The predicted molar refractivity (Wildman–Crippen MR) is 65.0 cm³/mol. The Labute approximate surface area is 107 Å². The van der Waals surface area contributed by atoms with Crippen molar-refractivity contribution >= 4 is 18.3 Å². The number of rotatable bonds is 4. The summed E-state index contributed by atoms with van der Waals surface area (Å²) < 4.78 is 43.3. The van der Waals surface area contributed by atoms with Crippen molar-refractivity contribution in [1.29, 1.82) is 0 Å². The van der Waals surface area contributed by atoms with Crippen LogP contribution >= 0.6 is 0 Å². The highest BCUT2D eigenvalue weighted by Crippen LogP contribution is 2.12. The van der Waals surface area contributed by atoms with Gasteiger partial charge in [0.25, 0.3) is 0 Å². The van der Waals surface area contributed by atoms with Crippen LogP contribution in [0.5, 0.6) is 0 Å². The number of hydrogen-bond donors (Lipinski definition) is 1. The monoisotopic (exact) mass is 268 g/mol. The molecular formula is C12H10BF3NO2-. The molecule has 0 spiro atoms. The van der Waals surface area contributed by atoms with E-state index in [1.165, 1.54) is 18.4 Å². The number of hydrogen-bond acceptors (Lipinski definition) is 2. The molecule has 7 heteroatoms. The minimum Gasteiger partial charge on any atom is -0.467 e. The molecule has 0 radical (unpaired) electrons. The Morgan fingerprint density at radius 1 is 1.16 bits per heavy atom. The van der Waals surface area contributed by atoms with Gasteiger partial charge >= 0.3 is 6.98 Å². The minimum atomic E-state index is -5.22. The summed E-state index contributed by atoms with van der Waals surface area (Å²) in [5.74, 6) is -0.297. The lowest BCUT2D eigenvalue weighted by molar-refractivity contribution is 0.0948. The fraction of sp³-hybridized carbons (Fsp3) is 0.0833. The Morgan fingerprint density at radius 2 is 1.89 bits per heavy atom. The second-order valence-electron chi connectivity index (χ2n) is 3.92. The fourth-order valence-corrected chi connectivity index (χ4v) is 1.67. The van der Waals surface area contributed by atoms with Crippen LogP contribution in [0.15, 0.2) is 47.1 Å². The second-order valence-corrected chi connectivity index (χ2v) is 3.92. The first kappa shape index (κ1) is 13.3. The van der Waals surface area contributed by atoms with Crippen molar-refractivity contribution in [2.45, 2.75) is 6.54 Å². The minimum absolute atomic E-state index is 0.0467. The average molecular weight is 268 g/mol. The molecule has 0 fully saturated rings. The van der Waals surface area contributed by atoms with Gasteiger partial charge in [0.1, 0.15) is 5.76 Å². The quantitative estimate of drug-likeness (QED) is 0.864. The van der Waals surface area contributed by atoms with Gasteiger partial charge in [0, 0.05) is 5.56 Å². The standard InChI is InChI=1S/C12H10BF3NO2/c14-13(15,16)11-6-2-1-5-10(11)12(18)17-8-9-4-3-7-19-9/h1-7H,8H2,(H,17,18)/q-1. The number of amides is 1. The maximum atomic E-state index is 12.8. The van der Waals surface area contributed by atoms with Crippen molar-refractivity contribution < 1.29 is 22.2 Å². The lowest BCUT2D eigenvalue weighted by atomic mass is 9.76. The molecular weight excluding hydrogens is 258 g/mol. The summed E-state index contributed by atoms with van der Waals surface area (Å²) in [5.41, 5.74) is -1.26. The van der Waals surface area contributed by atoms with Crippen LogP contribution in [0.1, 0.15) is 16.1 Å². The zero-order valence-corrected chi connectivity index (χ0v) is 9.78. The van der Waals surface area contributed by atoms with E-state index in [1.807, 2.05) is 0 Å². The molecule has 0 saturated carbocycles. The number of nitrogens with one attached hydrogen (secondary N) is 1. The third-order valence-electron chi connectivity index (χ3n) is 2.56. The van der Waals surface area contributed by atoms with Gasteiger partial charge in [-0.25, -0.2) is 0 Å². The Bertz CT molecular complexity index is 567. The highest BCUT2D eigenvalue weighted by atomic mass is 19.4. The molecule has 100 valence electrons. The molecule has 19 heavy (non-hydrogen) atoms. The number of halogens is 3. The van der Waals surface area contributed by atoms with Crippen LogP contribution in [0.25, 0.3) is 0 Å². The van der Waals surface area contributed by atoms with Crippen LogP contribution < -0.4 is 10.8 Å². The van der Waals surface area contributed by atoms with Gasteiger partial charge in [-0.2, -0.15) is 0 Å². The second kappa shape index (κ2) is 5.21. The van der Waals surface area contributed by atoms with E-state index in [0.717, 1.165) is 12.1 Å². The number of benzene rings is 1. The van der Waals surface area contributed by atoms with Gasteiger partial charge in [-0.15, -0.1) is 0 Å². The van der Waals surface area contributed by atoms with Gasteiger partial charge in [0.05, 0.1) is 12.8 Å². The molecule has 3 nitrogen and oxygen atoms in total. The summed E-state index contributed by atoms with van der Waals surface area (Å²) in [6.45, 7) is -5.17. The number of carbonyl (C=O) groups is 1. The first-order valence-corrected chi connectivity index (χ1v) is 5.58. The van der Waals surface area contributed by atoms with Crippen molar-refractivity contribution in [3.63, 3.8) is 0 Å². The zero-order valence-electron chi connectivity index (χ0n) is 9.78. The highest BCUT2D eigenvalue weighted by Gasteiger charge is 2.29. The largest absolute Gasteiger partial charge is 0.510 e. The third-order valence-corrected chi connectivity index (χ3v) is 2.56. The van der Waals surface area contributed by atoms with E-state index >= 15 is 0 Å². The maximum absolute atomic E-state index is 12.8. The molecule has 0 atom stereocenters.